The second-order valence-corrected chi connectivity index (χ2v) is 3.09. The van der Waals surface area contributed by atoms with Crippen LogP contribution >= 0.6 is 0 Å². The molecule has 52 valence electrons. The lowest BCUT2D eigenvalue weighted by Crippen LogP contribution is -2.20. The maximum absolute atomic E-state index is 5.38. The molecule has 0 aliphatic carbocycles. The monoisotopic (exact) mass is 127 g/mol. The Hall–Kier alpha value is -0.0800. The molecule has 2 heterocycles. The van der Waals surface area contributed by atoms with Gasteiger partial charge in [0, 0.05) is 13.1 Å². The lowest BCUT2D eigenvalue weighted by Gasteiger charge is -2.12. The standard InChI is InChI=1S/C7H13NO/c1-8-4-2-6-7(9-6)3-5-8/h6-7H,2-5H2,1H3. The first kappa shape index (κ1) is 5.69. The summed E-state index contributed by atoms with van der Waals surface area (Å²) >= 11 is 0. The molecule has 2 heteroatoms. The van der Waals surface area contributed by atoms with Crippen molar-refractivity contribution in [2.75, 3.05) is 20.1 Å². The average molecular weight is 127 g/mol. The summed E-state index contributed by atoms with van der Waals surface area (Å²) in [7, 11) is 2.19. The predicted octanol–water partition coefficient (Wildman–Crippen LogP) is 0.479. The maximum atomic E-state index is 5.38. The molecule has 2 rings (SSSR count). The zero-order valence-electron chi connectivity index (χ0n) is 5.84. The third-order valence-corrected chi connectivity index (χ3v) is 2.28. The van der Waals surface area contributed by atoms with E-state index in [1.54, 1.807) is 0 Å². The number of hydrogen-bond donors (Lipinski definition) is 0. The highest BCUT2D eigenvalue weighted by Crippen LogP contribution is 2.30. The van der Waals surface area contributed by atoms with Crippen LogP contribution in [0.1, 0.15) is 12.8 Å². The molecule has 0 spiro atoms. The first-order chi connectivity index (χ1) is 4.36. The number of hydrogen-bond acceptors (Lipinski definition) is 2. The van der Waals surface area contributed by atoms with Gasteiger partial charge in [0.2, 0.25) is 0 Å². The van der Waals surface area contributed by atoms with Crippen molar-refractivity contribution in [3.05, 3.63) is 0 Å². The van der Waals surface area contributed by atoms with Crippen LogP contribution in [0.3, 0.4) is 0 Å². The van der Waals surface area contributed by atoms with Gasteiger partial charge in [-0.05, 0) is 19.9 Å². The molecule has 2 saturated heterocycles. The van der Waals surface area contributed by atoms with Gasteiger partial charge in [-0.25, -0.2) is 0 Å². The average Bonchev–Trinajstić information content (AvgIpc) is 2.54. The van der Waals surface area contributed by atoms with E-state index in [0.29, 0.717) is 12.2 Å². The van der Waals surface area contributed by atoms with Gasteiger partial charge in [-0.2, -0.15) is 0 Å². The fraction of sp³-hybridized carbons (Fsp3) is 1.00. The fourth-order valence-electron chi connectivity index (χ4n) is 1.49. The summed E-state index contributed by atoms with van der Waals surface area (Å²) in [5.41, 5.74) is 0. The quantitative estimate of drug-likeness (QED) is 0.440. The van der Waals surface area contributed by atoms with Gasteiger partial charge < -0.3 is 9.64 Å². The zero-order chi connectivity index (χ0) is 6.27. The van der Waals surface area contributed by atoms with Gasteiger partial charge in [0.05, 0.1) is 12.2 Å². The minimum Gasteiger partial charge on any atom is -0.369 e. The van der Waals surface area contributed by atoms with Crippen molar-refractivity contribution < 1.29 is 4.74 Å². The van der Waals surface area contributed by atoms with Crippen molar-refractivity contribution in [3.63, 3.8) is 0 Å². The lowest BCUT2D eigenvalue weighted by molar-refractivity contribution is 0.264. The van der Waals surface area contributed by atoms with Crippen LogP contribution in [0.2, 0.25) is 0 Å². The molecule has 0 aromatic rings. The Morgan fingerprint density at radius 3 is 2.33 bits per heavy atom. The summed E-state index contributed by atoms with van der Waals surface area (Å²) < 4.78 is 5.38. The van der Waals surface area contributed by atoms with E-state index in [1.165, 1.54) is 25.9 Å². The molecule has 0 aromatic heterocycles. The van der Waals surface area contributed by atoms with E-state index < -0.39 is 0 Å². The van der Waals surface area contributed by atoms with Crippen molar-refractivity contribution in [3.8, 4) is 0 Å². The Labute approximate surface area is 55.8 Å². The second-order valence-electron chi connectivity index (χ2n) is 3.09. The van der Waals surface area contributed by atoms with Crippen LogP contribution in [0.15, 0.2) is 0 Å². The Balaban J connectivity index is 1.89. The molecule has 2 atom stereocenters. The molecule has 0 aromatic carbocycles. The van der Waals surface area contributed by atoms with Crippen LogP contribution in [-0.4, -0.2) is 37.2 Å². The summed E-state index contributed by atoms with van der Waals surface area (Å²) in [6.07, 6.45) is 3.77. The van der Waals surface area contributed by atoms with Crippen molar-refractivity contribution in [1.82, 2.24) is 4.90 Å². The predicted molar refractivity (Wildman–Crippen MR) is 35.4 cm³/mol. The first-order valence-corrected chi connectivity index (χ1v) is 3.70. The molecule has 2 aliphatic heterocycles. The highest BCUT2D eigenvalue weighted by atomic mass is 16.6. The summed E-state index contributed by atoms with van der Waals surface area (Å²) in [6.45, 7) is 2.45. The van der Waals surface area contributed by atoms with Gasteiger partial charge in [0.1, 0.15) is 0 Å². The van der Waals surface area contributed by atoms with Gasteiger partial charge in [-0.1, -0.05) is 0 Å². The Kier molecular flexibility index (Phi) is 1.24. The van der Waals surface area contributed by atoms with E-state index in [9.17, 15) is 0 Å². The van der Waals surface area contributed by atoms with Gasteiger partial charge in [-0.3, -0.25) is 0 Å². The van der Waals surface area contributed by atoms with E-state index >= 15 is 0 Å². The first-order valence-electron chi connectivity index (χ1n) is 3.70. The Bertz CT molecular complexity index is 99.5. The summed E-state index contributed by atoms with van der Waals surface area (Å²) in [6, 6.07) is 0. The molecule has 2 fully saturated rings. The van der Waals surface area contributed by atoms with Gasteiger partial charge in [0.15, 0.2) is 0 Å². The SMILES string of the molecule is CN1CCC2OC2CC1. The molecule has 0 amide bonds. The molecule has 2 unspecified atom stereocenters. The van der Waals surface area contributed by atoms with E-state index in [2.05, 4.69) is 11.9 Å². The number of epoxide rings is 1. The summed E-state index contributed by atoms with van der Waals surface area (Å²) in [4.78, 5) is 2.38. The highest BCUT2D eigenvalue weighted by molar-refractivity contribution is 4.88. The number of rotatable bonds is 0. The minimum atomic E-state index is 0.634. The molecule has 9 heavy (non-hydrogen) atoms. The van der Waals surface area contributed by atoms with Crippen LogP contribution in [0.4, 0.5) is 0 Å². The Morgan fingerprint density at radius 2 is 1.78 bits per heavy atom. The number of nitrogens with zero attached hydrogens (tertiary/aromatic N) is 1. The molecule has 2 aliphatic rings. The van der Waals surface area contributed by atoms with Gasteiger partial charge in [-0.15, -0.1) is 0 Å². The molecule has 0 bridgehead atoms. The Morgan fingerprint density at radius 1 is 1.22 bits per heavy atom. The van der Waals surface area contributed by atoms with Crippen LogP contribution in [-0.2, 0) is 4.74 Å². The molecule has 0 N–H and O–H groups in total. The molecule has 0 radical (unpaired) electrons. The molecule has 2 nitrogen and oxygen atoms in total. The van der Waals surface area contributed by atoms with Crippen LogP contribution < -0.4 is 0 Å². The van der Waals surface area contributed by atoms with Crippen molar-refractivity contribution in [2.24, 2.45) is 0 Å². The number of likely N-dealkylation sites (tertiary alicyclic amines) is 1. The number of ether oxygens (including phenoxy) is 1. The van der Waals surface area contributed by atoms with E-state index in [1.807, 2.05) is 0 Å². The summed E-state index contributed by atoms with van der Waals surface area (Å²) in [5.74, 6) is 0. The third kappa shape index (κ3) is 1.10. The van der Waals surface area contributed by atoms with E-state index in [-0.39, 0.29) is 0 Å². The lowest BCUT2D eigenvalue weighted by atomic mass is 10.2. The van der Waals surface area contributed by atoms with E-state index in [0.717, 1.165) is 0 Å². The van der Waals surface area contributed by atoms with Gasteiger partial charge in [0.25, 0.3) is 0 Å². The van der Waals surface area contributed by atoms with Crippen LogP contribution in [0, 0.1) is 0 Å². The van der Waals surface area contributed by atoms with Gasteiger partial charge >= 0.3 is 0 Å². The largest absolute Gasteiger partial charge is 0.369 e. The molecular formula is C7H13NO. The van der Waals surface area contributed by atoms with Crippen LogP contribution in [0.25, 0.3) is 0 Å². The molecule has 0 saturated carbocycles. The second kappa shape index (κ2) is 1.96. The molecular weight excluding hydrogens is 114 g/mol. The highest BCUT2D eigenvalue weighted by Gasteiger charge is 2.39. The van der Waals surface area contributed by atoms with E-state index in [4.69, 9.17) is 4.74 Å². The van der Waals surface area contributed by atoms with Crippen molar-refractivity contribution in [1.29, 1.82) is 0 Å². The normalized spacial score (nSPS) is 43.7. The topological polar surface area (TPSA) is 15.8 Å². The van der Waals surface area contributed by atoms with Crippen LogP contribution in [0.5, 0.6) is 0 Å². The maximum Gasteiger partial charge on any atom is 0.0854 e. The minimum absolute atomic E-state index is 0.634. The van der Waals surface area contributed by atoms with Crippen molar-refractivity contribution >= 4 is 0 Å². The third-order valence-electron chi connectivity index (χ3n) is 2.28. The van der Waals surface area contributed by atoms with Crippen molar-refractivity contribution in [2.45, 2.75) is 25.0 Å². The summed E-state index contributed by atoms with van der Waals surface area (Å²) in [5, 5.41) is 0. The number of fused-ring (bicyclic) bond motifs is 1. The smallest absolute Gasteiger partial charge is 0.0854 e. The zero-order valence-corrected chi connectivity index (χ0v) is 5.84. The fourth-order valence-corrected chi connectivity index (χ4v) is 1.49.